The maximum absolute atomic E-state index is 11.6. The Bertz CT molecular complexity index is 1050. The topological polar surface area (TPSA) is 85.5 Å². The largest absolute Gasteiger partial charge is 0.494 e. The molecule has 0 N–H and O–H groups in total. The highest BCUT2D eigenvalue weighted by atomic mass is 79.9. The summed E-state index contributed by atoms with van der Waals surface area (Å²) in [6, 6.07) is 14.2. The fourth-order valence-corrected chi connectivity index (χ4v) is 3.58. The van der Waals surface area contributed by atoms with Gasteiger partial charge in [-0.3, -0.25) is 4.90 Å². The molecule has 0 saturated carbocycles. The van der Waals surface area contributed by atoms with Gasteiger partial charge in [-0.2, -0.15) is 0 Å². The van der Waals surface area contributed by atoms with Gasteiger partial charge < -0.3 is 9.15 Å². The number of hydrogen-bond acceptors (Lipinski definition) is 7. The van der Waals surface area contributed by atoms with Gasteiger partial charge in [0.05, 0.1) is 18.0 Å². The summed E-state index contributed by atoms with van der Waals surface area (Å²) in [5, 5.41) is 8.21. The minimum absolute atomic E-state index is 0.255. The third-order valence-corrected chi connectivity index (χ3v) is 5.79. The van der Waals surface area contributed by atoms with E-state index in [1.807, 2.05) is 31.3 Å². The lowest BCUT2D eigenvalue weighted by molar-refractivity contribution is 0.244. The quantitative estimate of drug-likeness (QED) is 0.431. The van der Waals surface area contributed by atoms with Gasteiger partial charge in [-0.05, 0) is 55.9 Å². The molecular formula is C20H22BrN3O4S. The third kappa shape index (κ3) is 6.38. The van der Waals surface area contributed by atoms with Crippen LogP contribution in [0.1, 0.15) is 12.3 Å². The maximum Gasteiger partial charge on any atom is 0.247 e. The van der Waals surface area contributed by atoms with Crippen LogP contribution >= 0.6 is 15.9 Å². The van der Waals surface area contributed by atoms with Crippen LogP contribution in [-0.4, -0.2) is 50.0 Å². The first kappa shape index (κ1) is 21.5. The van der Waals surface area contributed by atoms with E-state index in [1.165, 1.54) is 6.26 Å². The number of rotatable bonds is 9. The highest BCUT2D eigenvalue weighted by Gasteiger charge is 2.11. The number of sulfone groups is 1. The lowest BCUT2D eigenvalue weighted by Gasteiger charge is -2.14. The van der Waals surface area contributed by atoms with Crippen molar-refractivity contribution in [2.75, 3.05) is 26.5 Å². The second-order valence-electron chi connectivity index (χ2n) is 6.69. The molecule has 7 nitrogen and oxygen atoms in total. The molecule has 0 aliphatic rings. The van der Waals surface area contributed by atoms with Gasteiger partial charge in [-0.25, -0.2) is 8.42 Å². The molecule has 0 saturated heterocycles. The Kier molecular flexibility index (Phi) is 7.05. The monoisotopic (exact) mass is 479 g/mol. The minimum atomic E-state index is -3.24. The molecule has 0 amide bonds. The Morgan fingerprint density at radius 2 is 1.90 bits per heavy atom. The molecule has 29 heavy (non-hydrogen) atoms. The van der Waals surface area contributed by atoms with Gasteiger partial charge in [0.1, 0.15) is 5.75 Å². The smallest absolute Gasteiger partial charge is 0.247 e. The van der Waals surface area contributed by atoms with Crippen LogP contribution in [0.5, 0.6) is 5.75 Å². The van der Waals surface area contributed by atoms with Crippen molar-refractivity contribution in [3.05, 3.63) is 58.9 Å². The molecule has 0 unspecified atom stereocenters. The highest BCUT2D eigenvalue weighted by molar-refractivity contribution is 9.10. The fourth-order valence-electron chi connectivity index (χ4n) is 2.66. The van der Waals surface area contributed by atoms with Crippen molar-refractivity contribution in [3.8, 4) is 17.2 Å². The van der Waals surface area contributed by atoms with Gasteiger partial charge in [0.2, 0.25) is 11.8 Å². The molecule has 1 heterocycles. The summed E-state index contributed by atoms with van der Waals surface area (Å²) in [6.45, 7) is 1.78. The zero-order valence-corrected chi connectivity index (χ0v) is 18.6. The molecule has 0 fully saturated rings. The summed E-state index contributed by atoms with van der Waals surface area (Å²) in [6.07, 6.45) is 1.95. The molecular weight excluding hydrogens is 458 g/mol. The molecule has 3 rings (SSSR count). The van der Waals surface area contributed by atoms with E-state index >= 15 is 0 Å². The van der Waals surface area contributed by atoms with E-state index in [-0.39, 0.29) is 4.90 Å². The summed E-state index contributed by atoms with van der Waals surface area (Å²) < 4.78 is 35.6. The molecule has 2 aromatic carbocycles. The fraction of sp³-hybridized carbons (Fsp3) is 0.300. The van der Waals surface area contributed by atoms with E-state index in [0.717, 1.165) is 23.0 Å². The number of nitrogens with zero attached hydrogens (tertiary/aromatic N) is 3. The predicted molar refractivity (Wildman–Crippen MR) is 113 cm³/mol. The van der Waals surface area contributed by atoms with Crippen LogP contribution in [0.25, 0.3) is 11.5 Å². The van der Waals surface area contributed by atoms with Crippen LogP contribution in [0.15, 0.2) is 62.3 Å². The van der Waals surface area contributed by atoms with Crippen LogP contribution < -0.4 is 4.74 Å². The molecule has 1 aromatic heterocycles. The summed E-state index contributed by atoms with van der Waals surface area (Å²) in [5.41, 5.74) is 0.874. The highest BCUT2D eigenvalue weighted by Crippen LogP contribution is 2.21. The van der Waals surface area contributed by atoms with Gasteiger partial charge in [0.25, 0.3) is 0 Å². The van der Waals surface area contributed by atoms with Crippen LogP contribution in [0.2, 0.25) is 0 Å². The van der Waals surface area contributed by atoms with Gasteiger partial charge in [-0.1, -0.05) is 22.0 Å². The van der Waals surface area contributed by atoms with Gasteiger partial charge in [-0.15, -0.1) is 10.2 Å². The molecule has 0 aliphatic carbocycles. The van der Waals surface area contributed by atoms with Crippen molar-refractivity contribution >= 4 is 25.8 Å². The van der Waals surface area contributed by atoms with E-state index < -0.39 is 9.84 Å². The first-order valence-electron chi connectivity index (χ1n) is 9.01. The average molecular weight is 480 g/mol. The van der Waals surface area contributed by atoms with E-state index in [9.17, 15) is 8.42 Å². The second kappa shape index (κ2) is 9.51. The van der Waals surface area contributed by atoms with Gasteiger partial charge in [0.15, 0.2) is 9.84 Å². The molecule has 3 aromatic rings. The van der Waals surface area contributed by atoms with Crippen LogP contribution in [0.4, 0.5) is 0 Å². The zero-order valence-electron chi connectivity index (χ0n) is 16.2. The number of halogens is 1. The number of hydrogen-bond donors (Lipinski definition) is 0. The van der Waals surface area contributed by atoms with Crippen molar-refractivity contribution in [1.29, 1.82) is 0 Å². The lowest BCUT2D eigenvalue weighted by Crippen LogP contribution is -2.21. The first-order valence-corrected chi connectivity index (χ1v) is 11.7. The van der Waals surface area contributed by atoms with Crippen molar-refractivity contribution in [3.63, 3.8) is 0 Å². The average Bonchev–Trinajstić information content (AvgIpc) is 3.14. The van der Waals surface area contributed by atoms with Crippen LogP contribution in [-0.2, 0) is 16.4 Å². The lowest BCUT2D eigenvalue weighted by atomic mass is 10.2. The number of ether oxygens (including phenoxy) is 1. The van der Waals surface area contributed by atoms with Gasteiger partial charge in [0, 0.05) is 22.8 Å². The Morgan fingerprint density at radius 1 is 1.14 bits per heavy atom. The SMILES string of the molecule is CN(CCCOc1cccc(S(C)(=O)=O)c1)Cc1nnc(-c2ccc(Br)cc2)o1. The van der Waals surface area contributed by atoms with E-state index in [1.54, 1.807) is 24.3 Å². The zero-order chi connectivity index (χ0) is 20.9. The Morgan fingerprint density at radius 3 is 2.62 bits per heavy atom. The van der Waals surface area contributed by atoms with Crippen molar-refractivity contribution in [1.82, 2.24) is 15.1 Å². The molecule has 0 atom stereocenters. The predicted octanol–water partition coefficient (Wildman–Crippen LogP) is 3.80. The Labute approximate surface area is 178 Å². The first-order chi connectivity index (χ1) is 13.8. The second-order valence-corrected chi connectivity index (χ2v) is 9.63. The molecule has 0 aliphatic heterocycles. The van der Waals surface area contributed by atoms with Crippen LogP contribution in [0, 0.1) is 0 Å². The summed E-state index contributed by atoms with van der Waals surface area (Å²) >= 11 is 3.40. The molecule has 0 spiro atoms. The number of benzene rings is 2. The summed E-state index contributed by atoms with van der Waals surface area (Å²) in [7, 11) is -1.27. The molecule has 9 heteroatoms. The standard InChI is InChI=1S/C20H22BrN3O4S/c1-24(11-4-12-27-17-5-3-6-18(13-17)29(2,25)26)14-19-22-23-20(28-19)15-7-9-16(21)10-8-15/h3,5-10,13H,4,11-12,14H2,1-2H3. The van der Waals surface area contributed by atoms with Crippen molar-refractivity contribution in [2.45, 2.75) is 17.9 Å². The van der Waals surface area contributed by atoms with E-state index in [2.05, 4.69) is 31.0 Å². The summed E-state index contributed by atoms with van der Waals surface area (Å²) in [4.78, 5) is 2.32. The van der Waals surface area contributed by atoms with Gasteiger partial charge >= 0.3 is 0 Å². The Balaban J connectivity index is 1.45. The van der Waals surface area contributed by atoms with E-state index in [4.69, 9.17) is 9.15 Å². The minimum Gasteiger partial charge on any atom is -0.494 e. The van der Waals surface area contributed by atoms with Crippen molar-refractivity contribution < 1.29 is 17.6 Å². The molecule has 0 bridgehead atoms. The number of aromatic nitrogens is 2. The van der Waals surface area contributed by atoms with Crippen molar-refractivity contribution in [2.24, 2.45) is 0 Å². The summed E-state index contributed by atoms with van der Waals surface area (Å²) in [5.74, 6) is 1.59. The van der Waals surface area contributed by atoms with E-state index in [0.29, 0.717) is 30.7 Å². The Hall–Kier alpha value is -2.23. The maximum atomic E-state index is 11.6. The third-order valence-electron chi connectivity index (χ3n) is 4.15. The molecule has 154 valence electrons. The normalized spacial score (nSPS) is 11.7. The molecule has 0 radical (unpaired) electrons. The van der Waals surface area contributed by atoms with Crippen LogP contribution in [0.3, 0.4) is 0 Å².